The molecule has 1 aliphatic rings. The summed E-state index contributed by atoms with van der Waals surface area (Å²) in [6, 6.07) is 5.40. The number of nitrogens with zero attached hydrogens (tertiary/aromatic N) is 1. The molecule has 0 bridgehead atoms. The summed E-state index contributed by atoms with van der Waals surface area (Å²) < 4.78 is 5.68. The molecule has 0 spiro atoms. The summed E-state index contributed by atoms with van der Waals surface area (Å²) in [6.07, 6.45) is 3.70. The zero-order valence-electron chi connectivity index (χ0n) is 11.4. The van der Waals surface area contributed by atoms with Crippen LogP contribution >= 0.6 is 23.2 Å². The van der Waals surface area contributed by atoms with Crippen LogP contribution < -0.4 is 4.74 Å². The summed E-state index contributed by atoms with van der Waals surface area (Å²) in [5.41, 5.74) is 0. The highest BCUT2D eigenvalue weighted by Crippen LogP contribution is 2.26. The van der Waals surface area contributed by atoms with Crippen molar-refractivity contribution in [3.8, 4) is 5.75 Å². The fourth-order valence-electron chi connectivity index (χ4n) is 2.33. The minimum Gasteiger partial charge on any atom is -0.493 e. The van der Waals surface area contributed by atoms with Gasteiger partial charge in [-0.15, -0.1) is 0 Å². The molecule has 19 heavy (non-hydrogen) atoms. The second-order valence-corrected chi connectivity index (χ2v) is 6.12. The normalized spacial score (nSPS) is 17.6. The molecule has 0 N–H and O–H groups in total. The Bertz CT molecular complexity index is 403. The summed E-state index contributed by atoms with van der Waals surface area (Å²) in [5.74, 6) is 1.69. The second-order valence-electron chi connectivity index (χ2n) is 5.30. The number of rotatable bonds is 5. The molecule has 0 radical (unpaired) electrons. The van der Waals surface area contributed by atoms with Crippen LogP contribution in [0.5, 0.6) is 5.75 Å². The third-order valence-corrected chi connectivity index (χ3v) is 4.39. The first kappa shape index (κ1) is 15.0. The van der Waals surface area contributed by atoms with Crippen LogP contribution in [0.2, 0.25) is 10.0 Å². The molecule has 106 valence electrons. The smallest absolute Gasteiger partial charge is 0.120 e. The van der Waals surface area contributed by atoms with Crippen molar-refractivity contribution in [2.75, 3.05) is 26.2 Å². The van der Waals surface area contributed by atoms with E-state index >= 15 is 0 Å². The van der Waals surface area contributed by atoms with E-state index < -0.39 is 0 Å². The van der Waals surface area contributed by atoms with Gasteiger partial charge in [-0.3, -0.25) is 0 Å². The maximum atomic E-state index is 5.94. The molecule has 0 amide bonds. The highest BCUT2D eigenvalue weighted by molar-refractivity contribution is 6.42. The summed E-state index contributed by atoms with van der Waals surface area (Å²) in [4.78, 5) is 2.53. The van der Waals surface area contributed by atoms with Gasteiger partial charge in [0.15, 0.2) is 0 Å². The fraction of sp³-hybridized carbons (Fsp3) is 0.600. The minimum absolute atomic E-state index is 0.546. The molecule has 0 saturated carbocycles. The topological polar surface area (TPSA) is 12.5 Å². The molecular weight excluding hydrogens is 281 g/mol. The predicted molar refractivity (Wildman–Crippen MR) is 81.4 cm³/mol. The lowest BCUT2D eigenvalue weighted by Crippen LogP contribution is -2.34. The number of benzene rings is 1. The van der Waals surface area contributed by atoms with Crippen LogP contribution in [-0.2, 0) is 0 Å². The van der Waals surface area contributed by atoms with Crippen molar-refractivity contribution in [3.05, 3.63) is 28.2 Å². The van der Waals surface area contributed by atoms with Crippen LogP contribution in [0, 0.1) is 5.92 Å². The van der Waals surface area contributed by atoms with Gasteiger partial charge in [0.2, 0.25) is 0 Å². The summed E-state index contributed by atoms with van der Waals surface area (Å²) >= 11 is 11.8. The van der Waals surface area contributed by atoms with Crippen LogP contribution in [0.4, 0.5) is 0 Å². The largest absolute Gasteiger partial charge is 0.493 e. The Kier molecular flexibility index (Phi) is 5.80. The Hall–Kier alpha value is -0.440. The van der Waals surface area contributed by atoms with E-state index in [1.54, 1.807) is 12.1 Å². The maximum Gasteiger partial charge on any atom is 0.120 e. The molecule has 0 aliphatic carbocycles. The molecule has 4 heteroatoms. The lowest BCUT2D eigenvalue weighted by Gasteiger charge is -2.30. The number of halogens is 2. The van der Waals surface area contributed by atoms with Gasteiger partial charge in [-0.1, -0.05) is 30.1 Å². The van der Waals surface area contributed by atoms with E-state index in [1.165, 1.54) is 25.9 Å². The summed E-state index contributed by atoms with van der Waals surface area (Å²) in [5, 5.41) is 1.11. The Morgan fingerprint density at radius 3 is 2.63 bits per heavy atom. The lowest BCUT2D eigenvalue weighted by atomic mass is 9.99. The average Bonchev–Trinajstić information content (AvgIpc) is 2.41. The highest BCUT2D eigenvalue weighted by Gasteiger charge is 2.14. The Balaban J connectivity index is 1.65. The molecule has 1 heterocycles. The third-order valence-electron chi connectivity index (χ3n) is 3.65. The molecule has 1 aliphatic heterocycles. The quantitative estimate of drug-likeness (QED) is 0.743. The van der Waals surface area contributed by atoms with Gasteiger partial charge in [-0.2, -0.15) is 0 Å². The van der Waals surface area contributed by atoms with E-state index in [2.05, 4.69) is 11.8 Å². The van der Waals surface area contributed by atoms with E-state index in [-0.39, 0.29) is 0 Å². The van der Waals surface area contributed by atoms with Gasteiger partial charge >= 0.3 is 0 Å². The number of hydrogen-bond acceptors (Lipinski definition) is 2. The van der Waals surface area contributed by atoms with E-state index in [0.29, 0.717) is 10.0 Å². The fourth-order valence-corrected chi connectivity index (χ4v) is 2.62. The van der Waals surface area contributed by atoms with Crippen molar-refractivity contribution >= 4 is 23.2 Å². The standard InChI is InChI=1S/C15H21Cl2NO/c1-12-5-8-18(9-6-12)7-2-10-19-13-3-4-14(16)15(17)11-13/h3-4,11-12H,2,5-10H2,1H3. The van der Waals surface area contributed by atoms with Gasteiger partial charge in [0.05, 0.1) is 16.7 Å². The first-order valence-electron chi connectivity index (χ1n) is 6.95. The third kappa shape index (κ3) is 4.87. The van der Waals surface area contributed by atoms with E-state index in [1.807, 2.05) is 6.07 Å². The molecule has 1 aromatic rings. The second kappa shape index (κ2) is 7.37. The average molecular weight is 302 g/mol. The Labute approximate surface area is 125 Å². The molecule has 1 fully saturated rings. The first-order chi connectivity index (χ1) is 9.15. The lowest BCUT2D eigenvalue weighted by molar-refractivity contribution is 0.177. The highest BCUT2D eigenvalue weighted by atomic mass is 35.5. The SMILES string of the molecule is CC1CCN(CCCOc2ccc(Cl)c(Cl)c2)CC1. The van der Waals surface area contributed by atoms with Crippen LogP contribution in [0.1, 0.15) is 26.2 Å². The molecule has 2 nitrogen and oxygen atoms in total. The Morgan fingerprint density at radius 1 is 1.21 bits per heavy atom. The van der Waals surface area contributed by atoms with Gasteiger partial charge in [0.1, 0.15) is 5.75 Å². The summed E-state index contributed by atoms with van der Waals surface area (Å²) in [7, 11) is 0. The van der Waals surface area contributed by atoms with Crippen molar-refractivity contribution in [1.29, 1.82) is 0 Å². The van der Waals surface area contributed by atoms with Crippen molar-refractivity contribution in [3.63, 3.8) is 0 Å². The van der Waals surface area contributed by atoms with Crippen molar-refractivity contribution in [2.24, 2.45) is 5.92 Å². The van der Waals surface area contributed by atoms with Crippen molar-refractivity contribution in [1.82, 2.24) is 4.90 Å². The molecular formula is C15H21Cl2NO. The maximum absolute atomic E-state index is 5.94. The van der Waals surface area contributed by atoms with Crippen molar-refractivity contribution < 1.29 is 4.74 Å². The monoisotopic (exact) mass is 301 g/mol. The zero-order valence-corrected chi connectivity index (χ0v) is 12.9. The number of ether oxygens (including phenoxy) is 1. The predicted octanol–water partition coefficient (Wildman–Crippen LogP) is 4.49. The van der Waals surface area contributed by atoms with E-state index in [4.69, 9.17) is 27.9 Å². The number of piperidine rings is 1. The van der Waals surface area contributed by atoms with Gasteiger partial charge in [0.25, 0.3) is 0 Å². The van der Waals surface area contributed by atoms with Crippen LogP contribution in [0.3, 0.4) is 0 Å². The zero-order chi connectivity index (χ0) is 13.7. The first-order valence-corrected chi connectivity index (χ1v) is 7.71. The van der Waals surface area contributed by atoms with Gasteiger partial charge in [0, 0.05) is 12.6 Å². The van der Waals surface area contributed by atoms with Gasteiger partial charge in [-0.25, -0.2) is 0 Å². The minimum atomic E-state index is 0.546. The molecule has 1 saturated heterocycles. The number of hydrogen-bond donors (Lipinski definition) is 0. The number of likely N-dealkylation sites (tertiary alicyclic amines) is 1. The molecule has 1 aromatic carbocycles. The molecule has 2 rings (SSSR count). The van der Waals surface area contributed by atoms with E-state index in [9.17, 15) is 0 Å². The molecule has 0 aromatic heterocycles. The van der Waals surface area contributed by atoms with Crippen LogP contribution in [0.25, 0.3) is 0 Å². The van der Waals surface area contributed by atoms with Gasteiger partial charge < -0.3 is 9.64 Å². The van der Waals surface area contributed by atoms with Crippen LogP contribution in [-0.4, -0.2) is 31.1 Å². The van der Waals surface area contributed by atoms with Gasteiger partial charge in [-0.05, 0) is 50.4 Å². The molecule has 0 unspecified atom stereocenters. The van der Waals surface area contributed by atoms with Crippen molar-refractivity contribution in [2.45, 2.75) is 26.2 Å². The van der Waals surface area contributed by atoms with Crippen LogP contribution in [0.15, 0.2) is 18.2 Å². The summed E-state index contributed by atoms with van der Waals surface area (Å²) in [6.45, 7) is 6.64. The Morgan fingerprint density at radius 2 is 1.95 bits per heavy atom. The van der Waals surface area contributed by atoms with E-state index in [0.717, 1.165) is 31.2 Å². The molecule has 0 atom stereocenters.